The highest BCUT2D eigenvalue weighted by Crippen LogP contribution is 2.09. The molecule has 2 rings (SSSR count). The highest BCUT2D eigenvalue weighted by molar-refractivity contribution is 7.09. The Hall–Kier alpha value is -1.55. The highest BCUT2D eigenvalue weighted by Gasteiger charge is 2.07. The molecule has 1 aromatic heterocycles. The fourth-order valence-corrected chi connectivity index (χ4v) is 2.09. The van der Waals surface area contributed by atoms with E-state index in [1.165, 1.54) is 23.5 Å². The maximum Gasteiger partial charge on any atom is 0.144 e. The van der Waals surface area contributed by atoms with Crippen LogP contribution in [0.2, 0.25) is 0 Å². The SMILES string of the molecule is O=C(Cc1cccc(F)c1)Cc1nccs1. The molecule has 0 bridgehead atoms. The number of carbonyl (C=O) groups excluding carboxylic acids is 1. The molecule has 0 fully saturated rings. The Bertz CT molecular complexity index is 482. The molecule has 0 spiro atoms. The quantitative estimate of drug-likeness (QED) is 0.815. The Morgan fingerprint density at radius 1 is 1.38 bits per heavy atom. The van der Waals surface area contributed by atoms with Crippen LogP contribution in [0, 0.1) is 5.82 Å². The number of hydrogen-bond donors (Lipinski definition) is 0. The van der Waals surface area contributed by atoms with Crippen molar-refractivity contribution in [3.63, 3.8) is 0 Å². The molecule has 82 valence electrons. The minimum absolute atomic E-state index is 0.0561. The average molecular weight is 235 g/mol. The van der Waals surface area contributed by atoms with E-state index in [4.69, 9.17) is 0 Å². The Kier molecular flexibility index (Phi) is 3.41. The molecule has 0 N–H and O–H groups in total. The van der Waals surface area contributed by atoms with Crippen molar-refractivity contribution in [1.82, 2.24) is 4.98 Å². The Balaban J connectivity index is 1.97. The van der Waals surface area contributed by atoms with Crippen LogP contribution in [0.5, 0.6) is 0 Å². The van der Waals surface area contributed by atoms with Crippen LogP contribution >= 0.6 is 11.3 Å². The summed E-state index contributed by atoms with van der Waals surface area (Å²) < 4.78 is 12.9. The van der Waals surface area contributed by atoms with Crippen molar-refractivity contribution < 1.29 is 9.18 Å². The predicted octanol–water partition coefficient (Wildman–Crippen LogP) is 2.64. The zero-order valence-corrected chi connectivity index (χ0v) is 9.34. The lowest BCUT2D eigenvalue weighted by Crippen LogP contribution is -2.06. The monoisotopic (exact) mass is 235 g/mol. The van der Waals surface area contributed by atoms with Gasteiger partial charge in [-0.1, -0.05) is 12.1 Å². The van der Waals surface area contributed by atoms with Crippen molar-refractivity contribution in [1.29, 1.82) is 0 Å². The summed E-state index contributed by atoms with van der Waals surface area (Å²) in [5, 5.41) is 2.64. The lowest BCUT2D eigenvalue weighted by atomic mass is 10.1. The first-order valence-electron chi connectivity index (χ1n) is 4.88. The van der Waals surface area contributed by atoms with Crippen molar-refractivity contribution in [3.05, 3.63) is 52.2 Å². The number of rotatable bonds is 4. The van der Waals surface area contributed by atoms with Crippen molar-refractivity contribution >= 4 is 17.1 Å². The molecule has 2 aromatic rings. The van der Waals surface area contributed by atoms with Gasteiger partial charge in [-0.25, -0.2) is 9.37 Å². The van der Waals surface area contributed by atoms with E-state index < -0.39 is 0 Å². The predicted molar refractivity (Wildman–Crippen MR) is 60.9 cm³/mol. The molecule has 1 aromatic carbocycles. The van der Waals surface area contributed by atoms with Crippen LogP contribution in [-0.2, 0) is 17.6 Å². The molecule has 1 heterocycles. The van der Waals surface area contributed by atoms with Crippen molar-refractivity contribution in [2.45, 2.75) is 12.8 Å². The van der Waals surface area contributed by atoms with Gasteiger partial charge in [-0.05, 0) is 17.7 Å². The average Bonchev–Trinajstić information content (AvgIpc) is 2.70. The molecule has 0 saturated carbocycles. The molecular formula is C12H10FNOS. The summed E-state index contributed by atoms with van der Waals surface area (Å²) in [5.74, 6) is -0.250. The van der Waals surface area contributed by atoms with E-state index in [2.05, 4.69) is 4.98 Å². The van der Waals surface area contributed by atoms with E-state index in [1.807, 2.05) is 5.38 Å². The summed E-state index contributed by atoms with van der Waals surface area (Å²) in [5.41, 5.74) is 0.710. The van der Waals surface area contributed by atoms with Crippen molar-refractivity contribution in [2.75, 3.05) is 0 Å². The summed E-state index contributed by atoms with van der Waals surface area (Å²) in [6.45, 7) is 0. The highest BCUT2D eigenvalue weighted by atomic mass is 32.1. The zero-order valence-electron chi connectivity index (χ0n) is 8.52. The summed E-state index contributed by atoms with van der Waals surface area (Å²) in [6.07, 6.45) is 2.26. The maximum absolute atomic E-state index is 12.9. The van der Waals surface area contributed by atoms with Crippen molar-refractivity contribution in [2.24, 2.45) is 0 Å². The van der Waals surface area contributed by atoms with Gasteiger partial charge < -0.3 is 0 Å². The van der Waals surface area contributed by atoms with Gasteiger partial charge in [0.05, 0.1) is 11.4 Å². The summed E-state index contributed by atoms with van der Waals surface area (Å²) in [4.78, 5) is 15.7. The minimum Gasteiger partial charge on any atom is -0.299 e. The lowest BCUT2D eigenvalue weighted by molar-refractivity contribution is -0.117. The van der Waals surface area contributed by atoms with Gasteiger partial charge in [0.15, 0.2) is 0 Å². The van der Waals surface area contributed by atoms with Gasteiger partial charge in [0.1, 0.15) is 11.6 Å². The molecule has 0 unspecified atom stereocenters. The van der Waals surface area contributed by atoms with Gasteiger partial charge in [-0.15, -0.1) is 11.3 Å². The van der Waals surface area contributed by atoms with E-state index in [1.54, 1.807) is 18.3 Å². The van der Waals surface area contributed by atoms with Gasteiger partial charge in [-0.2, -0.15) is 0 Å². The van der Waals surface area contributed by atoms with Crippen LogP contribution < -0.4 is 0 Å². The summed E-state index contributed by atoms with van der Waals surface area (Å²) >= 11 is 1.46. The van der Waals surface area contributed by atoms with Gasteiger partial charge in [0.2, 0.25) is 0 Å². The van der Waals surface area contributed by atoms with Crippen molar-refractivity contribution in [3.8, 4) is 0 Å². The summed E-state index contributed by atoms with van der Waals surface area (Å²) in [7, 11) is 0. The van der Waals surface area contributed by atoms with Crippen LogP contribution in [0.1, 0.15) is 10.6 Å². The fourth-order valence-electron chi connectivity index (χ4n) is 1.45. The molecule has 0 saturated heterocycles. The van der Waals surface area contributed by atoms with Gasteiger partial charge in [-0.3, -0.25) is 4.79 Å². The topological polar surface area (TPSA) is 30.0 Å². The number of hydrogen-bond acceptors (Lipinski definition) is 3. The van der Waals surface area contributed by atoms with E-state index >= 15 is 0 Å². The van der Waals surface area contributed by atoms with Crippen LogP contribution in [0.15, 0.2) is 35.8 Å². The number of nitrogens with zero attached hydrogens (tertiary/aromatic N) is 1. The van der Waals surface area contributed by atoms with E-state index in [-0.39, 0.29) is 18.0 Å². The normalized spacial score (nSPS) is 10.3. The second-order valence-electron chi connectivity index (χ2n) is 3.45. The molecular weight excluding hydrogens is 225 g/mol. The number of aromatic nitrogens is 1. The number of benzene rings is 1. The molecule has 4 heteroatoms. The standard InChI is InChI=1S/C12H10FNOS/c13-10-3-1-2-9(6-10)7-11(15)8-12-14-4-5-16-12/h1-6H,7-8H2. The Morgan fingerprint density at radius 2 is 2.25 bits per heavy atom. The van der Waals surface area contributed by atoms with Gasteiger partial charge >= 0.3 is 0 Å². The van der Waals surface area contributed by atoms with E-state index in [0.717, 1.165) is 5.01 Å². The van der Waals surface area contributed by atoms with Crippen LogP contribution in [0.25, 0.3) is 0 Å². The summed E-state index contributed by atoms with van der Waals surface area (Å²) in [6, 6.07) is 6.12. The first kappa shape index (κ1) is 11.0. The Labute approximate surface area is 96.8 Å². The molecule has 0 aliphatic carbocycles. The number of halogens is 1. The Morgan fingerprint density at radius 3 is 2.94 bits per heavy atom. The zero-order chi connectivity index (χ0) is 11.4. The molecule has 0 amide bonds. The minimum atomic E-state index is -0.306. The second-order valence-corrected chi connectivity index (χ2v) is 4.43. The first-order chi connectivity index (χ1) is 7.74. The molecule has 16 heavy (non-hydrogen) atoms. The maximum atomic E-state index is 12.9. The third-order valence-electron chi connectivity index (χ3n) is 2.12. The van der Waals surface area contributed by atoms with Gasteiger partial charge in [0, 0.05) is 18.0 Å². The first-order valence-corrected chi connectivity index (χ1v) is 5.76. The van der Waals surface area contributed by atoms with Gasteiger partial charge in [0.25, 0.3) is 0 Å². The molecule has 0 radical (unpaired) electrons. The molecule has 0 atom stereocenters. The fraction of sp³-hybridized carbons (Fsp3) is 0.167. The largest absolute Gasteiger partial charge is 0.299 e. The van der Waals surface area contributed by atoms with Crippen LogP contribution in [-0.4, -0.2) is 10.8 Å². The molecule has 2 nitrogen and oxygen atoms in total. The van der Waals surface area contributed by atoms with Crippen LogP contribution in [0.4, 0.5) is 4.39 Å². The van der Waals surface area contributed by atoms with E-state index in [9.17, 15) is 9.18 Å². The smallest absolute Gasteiger partial charge is 0.144 e. The second kappa shape index (κ2) is 4.99. The lowest BCUT2D eigenvalue weighted by Gasteiger charge is -1.99. The number of ketones is 1. The molecule has 0 aliphatic heterocycles. The van der Waals surface area contributed by atoms with Crippen LogP contribution in [0.3, 0.4) is 0 Å². The number of Topliss-reactive ketones (excluding diaryl/α,β-unsaturated/α-hetero) is 1. The van der Waals surface area contributed by atoms with E-state index in [0.29, 0.717) is 12.0 Å². The number of thiazole rings is 1. The number of carbonyl (C=O) groups is 1. The molecule has 0 aliphatic rings. The third kappa shape index (κ3) is 2.97. The third-order valence-corrected chi connectivity index (χ3v) is 2.90.